The van der Waals surface area contributed by atoms with Crippen molar-refractivity contribution in [1.82, 2.24) is 0 Å². The van der Waals surface area contributed by atoms with Gasteiger partial charge in [0.2, 0.25) is 5.91 Å². The second-order valence-electron chi connectivity index (χ2n) is 6.85. The molecule has 0 fully saturated rings. The fourth-order valence-electron chi connectivity index (χ4n) is 3.50. The summed E-state index contributed by atoms with van der Waals surface area (Å²) in [4.78, 5) is 26.6. The lowest BCUT2D eigenvalue weighted by Gasteiger charge is -2.20. The Morgan fingerprint density at radius 1 is 1.07 bits per heavy atom. The molecule has 3 aromatic rings. The van der Waals surface area contributed by atoms with Gasteiger partial charge >= 0.3 is 0 Å². The molecule has 4 rings (SSSR count). The van der Waals surface area contributed by atoms with Crippen LogP contribution in [0.15, 0.2) is 71.8 Å². The van der Waals surface area contributed by atoms with Gasteiger partial charge in [-0.15, -0.1) is 0 Å². The summed E-state index contributed by atoms with van der Waals surface area (Å²) in [5, 5.41) is 7.68. The first kappa shape index (κ1) is 18.6. The molecule has 1 atom stereocenters. The van der Waals surface area contributed by atoms with Gasteiger partial charge in [-0.25, -0.2) is 4.39 Å². The molecule has 7 heteroatoms. The van der Waals surface area contributed by atoms with E-state index in [2.05, 4.69) is 5.10 Å². The molecule has 0 bridgehead atoms. The lowest BCUT2D eigenvalue weighted by Crippen LogP contribution is -2.40. The molecule has 0 aliphatic carbocycles. The first-order valence-corrected chi connectivity index (χ1v) is 9.13. The molecule has 3 aromatic carbocycles. The van der Waals surface area contributed by atoms with Crippen molar-refractivity contribution in [2.45, 2.75) is 12.5 Å². The fourth-order valence-corrected chi connectivity index (χ4v) is 3.50. The summed E-state index contributed by atoms with van der Waals surface area (Å²) >= 11 is 0. The Balaban J connectivity index is 1.67. The van der Waals surface area contributed by atoms with Crippen molar-refractivity contribution in [2.75, 3.05) is 17.0 Å². The quantitative estimate of drug-likeness (QED) is 0.744. The molecule has 1 aliphatic rings. The fraction of sp³-hybridized carbons (Fsp3) is 0.136. The summed E-state index contributed by atoms with van der Waals surface area (Å²) in [7, 11) is 1.67. The molecule has 0 saturated heterocycles. The predicted octanol–water partition coefficient (Wildman–Crippen LogP) is 3.06. The van der Waals surface area contributed by atoms with Crippen LogP contribution in [0.5, 0.6) is 0 Å². The van der Waals surface area contributed by atoms with Gasteiger partial charge < -0.3 is 10.6 Å². The standard InChI is InChI=1S/C22H19FN4O2/c1-26(19-8-4-6-14-5-2-3-7-17(14)19)22(29)18-13-20(21(24)28)27(25-18)16-11-9-15(23)10-12-16/h2-12,20H,13H2,1H3,(H2,24,28). The molecule has 1 aliphatic heterocycles. The number of amides is 2. The van der Waals surface area contributed by atoms with E-state index in [4.69, 9.17) is 5.73 Å². The van der Waals surface area contributed by atoms with E-state index in [1.807, 2.05) is 42.5 Å². The molecule has 2 N–H and O–H groups in total. The number of hydrogen-bond donors (Lipinski definition) is 1. The number of benzene rings is 3. The van der Waals surface area contributed by atoms with Crippen LogP contribution in [0.25, 0.3) is 10.8 Å². The molecule has 2 amide bonds. The Kier molecular flexibility index (Phi) is 4.72. The summed E-state index contributed by atoms with van der Waals surface area (Å²) in [6, 6.07) is 18.2. The van der Waals surface area contributed by atoms with Crippen LogP contribution in [0, 0.1) is 5.82 Å². The van der Waals surface area contributed by atoms with Gasteiger partial charge in [-0.3, -0.25) is 14.6 Å². The van der Waals surface area contributed by atoms with Crippen LogP contribution in [0.4, 0.5) is 15.8 Å². The van der Waals surface area contributed by atoms with Gasteiger partial charge in [0, 0.05) is 18.9 Å². The highest BCUT2D eigenvalue weighted by atomic mass is 19.1. The number of hydrazone groups is 1. The van der Waals surface area contributed by atoms with E-state index in [1.54, 1.807) is 7.05 Å². The Bertz CT molecular complexity index is 1120. The molecule has 0 radical (unpaired) electrons. The SMILES string of the molecule is CN(C(=O)C1=NN(c2ccc(F)cc2)C(C(N)=O)C1)c1cccc2ccccc12. The van der Waals surface area contributed by atoms with Crippen molar-refractivity contribution in [1.29, 1.82) is 0 Å². The number of rotatable bonds is 4. The zero-order valence-corrected chi connectivity index (χ0v) is 15.7. The first-order chi connectivity index (χ1) is 14.0. The number of primary amides is 1. The smallest absolute Gasteiger partial charge is 0.274 e. The molecule has 1 heterocycles. The normalized spacial score (nSPS) is 16.0. The molecule has 6 nitrogen and oxygen atoms in total. The zero-order valence-electron chi connectivity index (χ0n) is 15.7. The number of nitrogens with two attached hydrogens (primary N) is 1. The van der Waals surface area contributed by atoms with Crippen molar-refractivity contribution in [3.8, 4) is 0 Å². The minimum Gasteiger partial charge on any atom is -0.368 e. The van der Waals surface area contributed by atoms with E-state index in [0.29, 0.717) is 5.69 Å². The molecular weight excluding hydrogens is 371 g/mol. The summed E-state index contributed by atoms with van der Waals surface area (Å²) in [6.07, 6.45) is 0.0840. The molecular formula is C22H19FN4O2. The van der Waals surface area contributed by atoms with Crippen molar-refractivity contribution < 1.29 is 14.0 Å². The van der Waals surface area contributed by atoms with E-state index in [0.717, 1.165) is 16.5 Å². The highest BCUT2D eigenvalue weighted by Crippen LogP contribution is 2.29. The Morgan fingerprint density at radius 2 is 1.76 bits per heavy atom. The molecule has 0 saturated carbocycles. The van der Waals surface area contributed by atoms with E-state index in [-0.39, 0.29) is 18.0 Å². The maximum atomic E-state index is 13.2. The largest absolute Gasteiger partial charge is 0.368 e. The third kappa shape index (κ3) is 3.42. The van der Waals surface area contributed by atoms with Gasteiger partial charge in [0.15, 0.2) is 0 Å². The van der Waals surface area contributed by atoms with Gasteiger partial charge in [0.25, 0.3) is 5.91 Å². The van der Waals surface area contributed by atoms with Crippen molar-refractivity contribution in [3.05, 3.63) is 72.5 Å². The number of carbonyl (C=O) groups excluding carboxylic acids is 2. The van der Waals surface area contributed by atoms with Crippen LogP contribution in [0.1, 0.15) is 6.42 Å². The van der Waals surface area contributed by atoms with Crippen LogP contribution in [0.2, 0.25) is 0 Å². The maximum Gasteiger partial charge on any atom is 0.274 e. The summed E-state index contributed by atoms with van der Waals surface area (Å²) < 4.78 is 13.2. The van der Waals surface area contributed by atoms with Crippen LogP contribution >= 0.6 is 0 Å². The minimum absolute atomic E-state index is 0.0840. The topological polar surface area (TPSA) is 79.0 Å². The number of carbonyl (C=O) groups is 2. The number of anilines is 2. The summed E-state index contributed by atoms with van der Waals surface area (Å²) in [5.41, 5.74) is 6.98. The average molecular weight is 390 g/mol. The van der Waals surface area contributed by atoms with Crippen LogP contribution in [-0.4, -0.2) is 30.6 Å². The highest BCUT2D eigenvalue weighted by molar-refractivity contribution is 6.45. The lowest BCUT2D eigenvalue weighted by atomic mass is 10.1. The van der Waals surface area contributed by atoms with Crippen molar-refractivity contribution >= 4 is 39.7 Å². The predicted molar refractivity (Wildman–Crippen MR) is 111 cm³/mol. The number of nitrogens with zero attached hydrogens (tertiary/aromatic N) is 3. The molecule has 1 unspecified atom stereocenters. The molecule has 0 aromatic heterocycles. The summed E-state index contributed by atoms with van der Waals surface area (Å²) in [6.45, 7) is 0. The van der Waals surface area contributed by atoms with E-state index >= 15 is 0 Å². The Hall–Kier alpha value is -3.74. The maximum absolute atomic E-state index is 13.2. The van der Waals surface area contributed by atoms with E-state index in [1.165, 1.54) is 34.2 Å². The van der Waals surface area contributed by atoms with Crippen LogP contribution < -0.4 is 15.6 Å². The number of fused-ring (bicyclic) bond motifs is 1. The van der Waals surface area contributed by atoms with Crippen LogP contribution in [-0.2, 0) is 9.59 Å². The van der Waals surface area contributed by atoms with E-state index < -0.39 is 17.8 Å². The van der Waals surface area contributed by atoms with Crippen molar-refractivity contribution in [2.24, 2.45) is 10.8 Å². The summed E-state index contributed by atoms with van der Waals surface area (Å²) in [5.74, 6) is -1.33. The van der Waals surface area contributed by atoms with Gasteiger partial charge in [-0.1, -0.05) is 36.4 Å². The zero-order chi connectivity index (χ0) is 20.5. The minimum atomic E-state index is -0.805. The average Bonchev–Trinajstić information content (AvgIpc) is 3.18. The van der Waals surface area contributed by atoms with Crippen LogP contribution in [0.3, 0.4) is 0 Å². The second-order valence-corrected chi connectivity index (χ2v) is 6.85. The van der Waals surface area contributed by atoms with Gasteiger partial charge in [-0.05, 0) is 35.7 Å². The molecule has 29 heavy (non-hydrogen) atoms. The van der Waals surface area contributed by atoms with E-state index in [9.17, 15) is 14.0 Å². The third-order valence-corrected chi connectivity index (χ3v) is 5.01. The molecule has 146 valence electrons. The molecule has 0 spiro atoms. The lowest BCUT2D eigenvalue weighted by molar-refractivity contribution is -0.119. The van der Waals surface area contributed by atoms with Gasteiger partial charge in [0.1, 0.15) is 17.6 Å². The Morgan fingerprint density at radius 3 is 2.48 bits per heavy atom. The van der Waals surface area contributed by atoms with Gasteiger partial charge in [0.05, 0.1) is 11.4 Å². The van der Waals surface area contributed by atoms with Crippen molar-refractivity contribution in [3.63, 3.8) is 0 Å². The Labute approximate surface area is 167 Å². The van der Waals surface area contributed by atoms with Gasteiger partial charge in [-0.2, -0.15) is 5.10 Å². The highest BCUT2D eigenvalue weighted by Gasteiger charge is 2.36. The first-order valence-electron chi connectivity index (χ1n) is 9.13. The third-order valence-electron chi connectivity index (χ3n) is 5.01. The number of hydrogen-bond acceptors (Lipinski definition) is 4. The number of halogens is 1. The second kappa shape index (κ2) is 7.35. The monoisotopic (exact) mass is 390 g/mol.